The van der Waals surface area contributed by atoms with E-state index in [0.717, 1.165) is 5.56 Å². The predicted octanol–water partition coefficient (Wildman–Crippen LogP) is 0.124. The molecule has 2 heterocycles. The van der Waals surface area contributed by atoms with Gasteiger partial charge in [-0.15, -0.1) is 0 Å². The number of imidazole rings is 1. The fourth-order valence-electron chi connectivity index (χ4n) is 1.59. The Kier molecular flexibility index (Phi) is 2.97. The van der Waals surface area contributed by atoms with Gasteiger partial charge in [0.2, 0.25) is 0 Å². The van der Waals surface area contributed by atoms with Crippen molar-refractivity contribution in [1.29, 1.82) is 0 Å². The lowest BCUT2D eigenvalue weighted by atomic mass is 10.3. The summed E-state index contributed by atoms with van der Waals surface area (Å²) in [4.78, 5) is 15.4. The molecule has 3 N–H and O–H groups in total. The third-order valence-corrected chi connectivity index (χ3v) is 2.53. The highest BCUT2D eigenvalue weighted by Gasteiger charge is 2.13. The van der Waals surface area contributed by atoms with Crippen LogP contribution >= 0.6 is 0 Å². The van der Waals surface area contributed by atoms with Gasteiger partial charge in [-0.1, -0.05) is 0 Å². The number of aromatic nitrogens is 2. The second-order valence-corrected chi connectivity index (χ2v) is 3.62. The minimum atomic E-state index is -0.387. The summed E-state index contributed by atoms with van der Waals surface area (Å²) in [5.41, 5.74) is 7.69. The van der Waals surface area contributed by atoms with Gasteiger partial charge < -0.3 is 15.6 Å². The fraction of sp³-hybridized carbons (Fsp3) is 0.273. The number of nitrogens with zero attached hydrogens (tertiary/aromatic N) is 2. The minimum absolute atomic E-state index is 0.0402. The molecule has 0 saturated heterocycles. The number of carbonyl (C=O) groups excluding carboxylic acids is 1. The van der Waals surface area contributed by atoms with Crippen LogP contribution in [0.1, 0.15) is 11.3 Å². The van der Waals surface area contributed by atoms with Gasteiger partial charge in [0.05, 0.1) is 25.8 Å². The number of fused-ring (bicyclic) bond motifs is 1. The van der Waals surface area contributed by atoms with Crippen molar-refractivity contribution in [3.05, 3.63) is 29.6 Å². The van der Waals surface area contributed by atoms with E-state index in [9.17, 15) is 4.79 Å². The van der Waals surface area contributed by atoms with E-state index in [4.69, 9.17) is 10.8 Å². The Labute approximate surface area is 97.6 Å². The molecule has 0 aliphatic heterocycles. The second kappa shape index (κ2) is 4.42. The number of anilines is 1. The zero-order valence-electron chi connectivity index (χ0n) is 9.38. The summed E-state index contributed by atoms with van der Waals surface area (Å²) in [6.07, 6.45) is 1.75. The van der Waals surface area contributed by atoms with Crippen LogP contribution in [-0.2, 0) is 22.6 Å². The first-order chi connectivity index (χ1) is 8.15. The summed E-state index contributed by atoms with van der Waals surface area (Å²) in [5.74, 6) is 0.0253. The van der Waals surface area contributed by atoms with Crippen molar-refractivity contribution in [2.75, 3.05) is 12.8 Å². The Morgan fingerprint density at radius 2 is 2.41 bits per heavy atom. The quantitative estimate of drug-likeness (QED) is 0.738. The molecule has 2 aromatic heterocycles. The third kappa shape index (κ3) is 2.07. The van der Waals surface area contributed by atoms with Gasteiger partial charge in [0.1, 0.15) is 11.5 Å². The predicted molar refractivity (Wildman–Crippen MR) is 61.2 cm³/mol. The van der Waals surface area contributed by atoms with E-state index in [2.05, 4.69) is 9.72 Å². The van der Waals surface area contributed by atoms with E-state index in [-0.39, 0.29) is 19.0 Å². The molecule has 0 fully saturated rings. The van der Waals surface area contributed by atoms with Crippen LogP contribution < -0.4 is 5.73 Å². The van der Waals surface area contributed by atoms with Crippen LogP contribution in [0.15, 0.2) is 18.3 Å². The Morgan fingerprint density at radius 3 is 3.06 bits per heavy atom. The fourth-order valence-corrected chi connectivity index (χ4v) is 1.59. The lowest BCUT2D eigenvalue weighted by molar-refractivity contribution is -0.139. The first-order valence-corrected chi connectivity index (χ1v) is 5.08. The summed E-state index contributed by atoms with van der Waals surface area (Å²) >= 11 is 0. The van der Waals surface area contributed by atoms with Crippen molar-refractivity contribution in [2.24, 2.45) is 0 Å². The van der Waals surface area contributed by atoms with Gasteiger partial charge in [-0.25, -0.2) is 4.98 Å². The number of ether oxygens (including phenoxy) is 1. The lowest BCUT2D eigenvalue weighted by Crippen LogP contribution is -2.07. The number of carbonyl (C=O) groups is 1. The molecule has 90 valence electrons. The molecule has 0 unspecified atom stereocenters. The Morgan fingerprint density at radius 1 is 1.65 bits per heavy atom. The summed E-state index contributed by atoms with van der Waals surface area (Å²) in [6, 6.07) is 3.46. The molecule has 0 radical (unpaired) electrons. The van der Waals surface area contributed by atoms with Crippen LogP contribution in [0.3, 0.4) is 0 Å². The molecule has 17 heavy (non-hydrogen) atoms. The van der Waals surface area contributed by atoms with E-state index in [0.29, 0.717) is 17.2 Å². The number of hydrogen-bond acceptors (Lipinski definition) is 5. The van der Waals surface area contributed by atoms with Crippen LogP contribution in [0, 0.1) is 0 Å². The van der Waals surface area contributed by atoms with Gasteiger partial charge >= 0.3 is 5.97 Å². The first-order valence-electron chi connectivity index (χ1n) is 5.08. The number of methoxy groups -OCH3 is 1. The van der Waals surface area contributed by atoms with Crippen LogP contribution in [0.5, 0.6) is 0 Å². The van der Waals surface area contributed by atoms with Crippen LogP contribution in [0.4, 0.5) is 5.82 Å². The molecule has 0 amide bonds. The maximum absolute atomic E-state index is 11.2. The van der Waals surface area contributed by atoms with Crippen molar-refractivity contribution in [2.45, 2.75) is 13.0 Å². The average molecular weight is 235 g/mol. The van der Waals surface area contributed by atoms with E-state index in [1.165, 1.54) is 7.11 Å². The maximum Gasteiger partial charge on any atom is 0.311 e. The maximum atomic E-state index is 11.2. The van der Waals surface area contributed by atoms with Gasteiger partial charge in [-0.3, -0.25) is 9.20 Å². The molecule has 6 heteroatoms. The van der Waals surface area contributed by atoms with E-state index in [1.54, 1.807) is 22.7 Å². The number of aliphatic hydroxyl groups excluding tert-OH is 1. The molecule has 0 spiro atoms. The van der Waals surface area contributed by atoms with Crippen molar-refractivity contribution >= 4 is 17.4 Å². The minimum Gasteiger partial charge on any atom is -0.469 e. The standard InChI is InChI=1S/C11H13N3O3/c1-17-10(16)5-8-11(12)14-3-2-7(6-15)4-9(14)13-8/h2-4,15H,5-6,12H2,1H3. The highest BCUT2D eigenvalue weighted by Crippen LogP contribution is 2.17. The third-order valence-electron chi connectivity index (χ3n) is 2.53. The largest absolute Gasteiger partial charge is 0.469 e. The second-order valence-electron chi connectivity index (χ2n) is 3.62. The first kappa shape index (κ1) is 11.4. The molecule has 0 atom stereocenters. The van der Waals surface area contributed by atoms with Gasteiger partial charge in [0.25, 0.3) is 0 Å². The molecule has 0 bridgehead atoms. The molecular formula is C11H13N3O3. The number of aliphatic hydroxyl groups is 1. The van der Waals surface area contributed by atoms with Gasteiger partial charge in [0.15, 0.2) is 0 Å². The zero-order chi connectivity index (χ0) is 12.4. The smallest absolute Gasteiger partial charge is 0.311 e. The highest BCUT2D eigenvalue weighted by molar-refractivity contribution is 5.74. The Balaban J connectivity index is 2.45. The molecular weight excluding hydrogens is 222 g/mol. The summed E-state index contributed by atoms with van der Waals surface area (Å²) < 4.78 is 6.23. The molecule has 2 aromatic rings. The monoisotopic (exact) mass is 235 g/mol. The summed E-state index contributed by atoms with van der Waals surface area (Å²) in [6.45, 7) is -0.0599. The normalized spacial score (nSPS) is 10.7. The average Bonchev–Trinajstić information content (AvgIpc) is 2.65. The molecule has 0 aromatic carbocycles. The number of rotatable bonds is 3. The van der Waals surface area contributed by atoms with Crippen molar-refractivity contribution < 1.29 is 14.6 Å². The van der Waals surface area contributed by atoms with Gasteiger partial charge in [-0.2, -0.15) is 0 Å². The van der Waals surface area contributed by atoms with Crippen LogP contribution in [-0.4, -0.2) is 27.6 Å². The van der Waals surface area contributed by atoms with Crippen LogP contribution in [0.2, 0.25) is 0 Å². The van der Waals surface area contributed by atoms with Gasteiger partial charge in [0, 0.05) is 6.20 Å². The van der Waals surface area contributed by atoms with Crippen molar-refractivity contribution in [1.82, 2.24) is 9.38 Å². The molecule has 6 nitrogen and oxygen atoms in total. The molecule has 0 saturated carbocycles. The summed E-state index contributed by atoms with van der Waals surface area (Å²) in [7, 11) is 1.32. The number of hydrogen-bond donors (Lipinski definition) is 2. The summed E-state index contributed by atoms with van der Waals surface area (Å²) in [5, 5.41) is 9.01. The Hall–Kier alpha value is -2.08. The molecule has 0 aliphatic carbocycles. The molecule has 2 rings (SSSR count). The number of nitrogen functional groups attached to an aromatic ring is 1. The number of esters is 1. The van der Waals surface area contributed by atoms with E-state index in [1.807, 2.05) is 0 Å². The number of nitrogens with two attached hydrogens (primary N) is 1. The Bertz CT molecular complexity index is 562. The SMILES string of the molecule is COC(=O)Cc1nc2cc(CO)ccn2c1N. The van der Waals surface area contributed by atoms with E-state index >= 15 is 0 Å². The van der Waals surface area contributed by atoms with Crippen molar-refractivity contribution in [3.63, 3.8) is 0 Å². The van der Waals surface area contributed by atoms with Gasteiger partial charge in [-0.05, 0) is 17.7 Å². The van der Waals surface area contributed by atoms with Crippen LogP contribution in [0.25, 0.3) is 5.65 Å². The zero-order valence-corrected chi connectivity index (χ0v) is 9.38. The van der Waals surface area contributed by atoms with Crippen molar-refractivity contribution in [3.8, 4) is 0 Å². The molecule has 0 aliphatic rings. The lowest BCUT2D eigenvalue weighted by Gasteiger charge is -1.99. The topological polar surface area (TPSA) is 89.8 Å². The van der Waals surface area contributed by atoms with E-state index < -0.39 is 0 Å². The highest BCUT2D eigenvalue weighted by atomic mass is 16.5. The number of pyridine rings is 1.